The Morgan fingerprint density at radius 1 is 1.42 bits per heavy atom. The van der Waals surface area contributed by atoms with Crippen molar-refractivity contribution in [3.05, 3.63) is 29.3 Å². The van der Waals surface area contributed by atoms with Gasteiger partial charge in [-0.05, 0) is 50.3 Å². The zero-order valence-corrected chi connectivity index (χ0v) is 11.6. The summed E-state index contributed by atoms with van der Waals surface area (Å²) in [5.74, 6) is 0.461. The molecule has 2 rings (SSSR count). The smallest absolute Gasteiger partial charge is 0.251 e. The lowest BCUT2D eigenvalue weighted by Crippen LogP contribution is -2.40. The van der Waals surface area contributed by atoms with E-state index in [0.717, 1.165) is 31.6 Å². The van der Waals surface area contributed by atoms with Crippen LogP contribution in [0.2, 0.25) is 0 Å². The fraction of sp³-hybridized carbons (Fsp3) is 0.533. The van der Waals surface area contributed by atoms with Crippen molar-refractivity contribution < 1.29 is 9.53 Å². The lowest BCUT2D eigenvalue weighted by molar-refractivity contribution is 0.0538. The number of rotatable bonds is 3. The number of nitrogen functional groups attached to an aromatic ring is 1. The summed E-state index contributed by atoms with van der Waals surface area (Å²) in [6.07, 6.45) is 2.02. The predicted octanol–water partition coefficient (Wildman–Crippen LogP) is 2.12. The van der Waals surface area contributed by atoms with Crippen LogP contribution in [-0.2, 0) is 4.74 Å². The molecular weight excluding hydrogens is 240 g/mol. The van der Waals surface area contributed by atoms with E-state index in [1.165, 1.54) is 0 Å². The highest BCUT2D eigenvalue weighted by Gasteiger charge is 2.22. The Hall–Kier alpha value is -1.55. The molecule has 3 N–H and O–H groups in total. The molecule has 1 amide bonds. The van der Waals surface area contributed by atoms with Crippen molar-refractivity contribution in [2.75, 3.05) is 18.9 Å². The first-order valence-electron chi connectivity index (χ1n) is 6.82. The van der Waals surface area contributed by atoms with Gasteiger partial charge in [0.2, 0.25) is 0 Å². The van der Waals surface area contributed by atoms with E-state index in [1.54, 1.807) is 6.07 Å². The van der Waals surface area contributed by atoms with Gasteiger partial charge in [0.05, 0.1) is 0 Å². The summed E-state index contributed by atoms with van der Waals surface area (Å²) >= 11 is 0. The molecule has 0 radical (unpaired) electrons. The van der Waals surface area contributed by atoms with E-state index in [1.807, 2.05) is 19.1 Å². The minimum absolute atomic E-state index is 0.0382. The van der Waals surface area contributed by atoms with Crippen molar-refractivity contribution in [1.29, 1.82) is 0 Å². The summed E-state index contributed by atoms with van der Waals surface area (Å²) in [6, 6.07) is 5.59. The molecule has 4 nitrogen and oxygen atoms in total. The first-order chi connectivity index (χ1) is 9.08. The molecule has 0 bridgehead atoms. The second-order valence-corrected chi connectivity index (χ2v) is 5.29. The number of nitrogens with two attached hydrogens (primary N) is 1. The second kappa shape index (κ2) is 6.06. The quantitative estimate of drug-likeness (QED) is 0.820. The van der Waals surface area contributed by atoms with Gasteiger partial charge in [-0.1, -0.05) is 6.07 Å². The fourth-order valence-corrected chi connectivity index (χ4v) is 2.50. The minimum Gasteiger partial charge on any atom is -0.399 e. The number of anilines is 1. The third kappa shape index (κ3) is 3.47. The average Bonchev–Trinajstić information content (AvgIpc) is 2.42. The largest absolute Gasteiger partial charge is 0.399 e. The first kappa shape index (κ1) is 13.9. The lowest BCUT2D eigenvalue weighted by Gasteiger charge is -2.28. The number of aryl methyl sites for hydroxylation is 1. The van der Waals surface area contributed by atoms with Crippen LogP contribution in [0.5, 0.6) is 0 Å². The molecule has 104 valence electrons. The van der Waals surface area contributed by atoms with Gasteiger partial charge in [-0.3, -0.25) is 4.79 Å². The lowest BCUT2D eigenvalue weighted by atomic mass is 9.92. The minimum atomic E-state index is -0.0382. The molecule has 1 heterocycles. The van der Waals surface area contributed by atoms with Crippen LogP contribution in [0.3, 0.4) is 0 Å². The molecule has 0 spiro atoms. The standard InChI is InChI=1S/C15H22N2O2/c1-10-3-4-13(16)9-14(10)15(18)17-11(2)12-5-7-19-8-6-12/h3-4,9,11-12H,5-8,16H2,1-2H3,(H,17,18). The molecule has 1 unspecified atom stereocenters. The van der Waals surface area contributed by atoms with Crippen LogP contribution in [0.15, 0.2) is 18.2 Å². The summed E-state index contributed by atoms with van der Waals surface area (Å²) in [7, 11) is 0. The zero-order valence-electron chi connectivity index (χ0n) is 11.6. The van der Waals surface area contributed by atoms with Gasteiger partial charge in [0.15, 0.2) is 0 Å². The first-order valence-corrected chi connectivity index (χ1v) is 6.82. The highest BCUT2D eigenvalue weighted by molar-refractivity contribution is 5.96. The summed E-state index contributed by atoms with van der Waals surface area (Å²) in [4.78, 5) is 12.3. The third-order valence-corrected chi connectivity index (χ3v) is 3.84. The van der Waals surface area contributed by atoms with Gasteiger partial charge in [0.25, 0.3) is 5.91 Å². The third-order valence-electron chi connectivity index (χ3n) is 3.84. The number of nitrogens with one attached hydrogen (secondary N) is 1. The van der Waals surface area contributed by atoms with E-state index >= 15 is 0 Å². The summed E-state index contributed by atoms with van der Waals surface area (Å²) in [5.41, 5.74) is 7.98. The Kier molecular flexibility index (Phi) is 4.43. The van der Waals surface area contributed by atoms with Crippen molar-refractivity contribution in [2.24, 2.45) is 5.92 Å². The van der Waals surface area contributed by atoms with Gasteiger partial charge in [-0.2, -0.15) is 0 Å². The number of amides is 1. The monoisotopic (exact) mass is 262 g/mol. The van der Waals surface area contributed by atoms with Gasteiger partial charge < -0.3 is 15.8 Å². The summed E-state index contributed by atoms with van der Waals surface area (Å²) in [5, 5.41) is 3.08. The molecular formula is C15H22N2O2. The Morgan fingerprint density at radius 2 is 2.11 bits per heavy atom. The highest BCUT2D eigenvalue weighted by Crippen LogP contribution is 2.19. The number of hydrogen-bond acceptors (Lipinski definition) is 3. The van der Waals surface area contributed by atoms with E-state index in [9.17, 15) is 4.79 Å². The van der Waals surface area contributed by atoms with Crippen LogP contribution in [0, 0.1) is 12.8 Å². The van der Waals surface area contributed by atoms with E-state index in [-0.39, 0.29) is 11.9 Å². The SMILES string of the molecule is Cc1ccc(N)cc1C(=O)NC(C)C1CCOCC1. The maximum atomic E-state index is 12.3. The second-order valence-electron chi connectivity index (χ2n) is 5.29. The van der Waals surface area contributed by atoms with E-state index in [2.05, 4.69) is 12.2 Å². The van der Waals surface area contributed by atoms with Crippen LogP contribution in [-0.4, -0.2) is 25.2 Å². The van der Waals surface area contributed by atoms with Gasteiger partial charge in [0, 0.05) is 30.5 Å². The molecule has 1 aromatic carbocycles. The maximum Gasteiger partial charge on any atom is 0.251 e. The Morgan fingerprint density at radius 3 is 2.79 bits per heavy atom. The summed E-state index contributed by atoms with van der Waals surface area (Å²) < 4.78 is 5.35. The number of benzene rings is 1. The van der Waals surface area contributed by atoms with E-state index in [0.29, 0.717) is 17.2 Å². The molecule has 0 saturated carbocycles. The van der Waals surface area contributed by atoms with Crippen molar-refractivity contribution in [3.8, 4) is 0 Å². The predicted molar refractivity (Wildman–Crippen MR) is 76.1 cm³/mol. The van der Waals surface area contributed by atoms with Crippen LogP contribution in [0.1, 0.15) is 35.7 Å². The van der Waals surface area contributed by atoms with Gasteiger partial charge in [0.1, 0.15) is 0 Å². The highest BCUT2D eigenvalue weighted by atomic mass is 16.5. The van der Waals surface area contributed by atoms with Crippen LogP contribution >= 0.6 is 0 Å². The van der Waals surface area contributed by atoms with Crippen molar-refractivity contribution >= 4 is 11.6 Å². The Labute approximate surface area is 114 Å². The number of carbonyl (C=O) groups excluding carboxylic acids is 1. The van der Waals surface area contributed by atoms with Crippen LogP contribution < -0.4 is 11.1 Å². The Balaban J connectivity index is 2.01. The van der Waals surface area contributed by atoms with Crippen molar-refractivity contribution in [3.63, 3.8) is 0 Å². The molecule has 0 aromatic heterocycles. The molecule has 1 fully saturated rings. The van der Waals surface area contributed by atoms with Gasteiger partial charge >= 0.3 is 0 Å². The molecule has 1 aromatic rings. The normalized spacial score (nSPS) is 18.0. The molecule has 1 saturated heterocycles. The molecule has 0 aliphatic carbocycles. The number of ether oxygens (including phenoxy) is 1. The number of hydrogen-bond donors (Lipinski definition) is 2. The van der Waals surface area contributed by atoms with Gasteiger partial charge in [-0.25, -0.2) is 0 Å². The summed E-state index contributed by atoms with van der Waals surface area (Å²) in [6.45, 7) is 5.58. The fourth-order valence-electron chi connectivity index (χ4n) is 2.50. The average molecular weight is 262 g/mol. The van der Waals surface area contributed by atoms with Crippen molar-refractivity contribution in [2.45, 2.75) is 32.7 Å². The Bertz CT molecular complexity index is 453. The maximum absolute atomic E-state index is 12.3. The molecule has 1 aliphatic heterocycles. The molecule has 1 aliphatic rings. The van der Waals surface area contributed by atoms with Crippen LogP contribution in [0.25, 0.3) is 0 Å². The van der Waals surface area contributed by atoms with Crippen molar-refractivity contribution in [1.82, 2.24) is 5.32 Å². The topological polar surface area (TPSA) is 64.4 Å². The van der Waals surface area contributed by atoms with E-state index in [4.69, 9.17) is 10.5 Å². The molecule has 19 heavy (non-hydrogen) atoms. The van der Waals surface area contributed by atoms with E-state index < -0.39 is 0 Å². The zero-order chi connectivity index (χ0) is 13.8. The number of carbonyl (C=O) groups is 1. The molecule has 4 heteroatoms. The van der Waals surface area contributed by atoms with Crippen LogP contribution in [0.4, 0.5) is 5.69 Å². The van der Waals surface area contributed by atoms with Gasteiger partial charge in [-0.15, -0.1) is 0 Å². The molecule has 1 atom stereocenters.